The van der Waals surface area contributed by atoms with Crippen molar-refractivity contribution in [2.24, 2.45) is 23.7 Å². The number of pyridine rings is 1. The quantitative estimate of drug-likeness (QED) is 0.551. The van der Waals surface area contributed by atoms with Gasteiger partial charge in [-0.15, -0.1) is 0 Å². The highest BCUT2D eigenvalue weighted by molar-refractivity contribution is 5.85. The van der Waals surface area contributed by atoms with Gasteiger partial charge in [-0.2, -0.15) is 13.2 Å². The Bertz CT molecular complexity index is 1220. The molecule has 0 saturated heterocycles. The van der Waals surface area contributed by atoms with Crippen molar-refractivity contribution in [1.29, 1.82) is 0 Å². The smallest absolute Gasteiger partial charge is 0.397 e. The first-order valence-corrected chi connectivity index (χ1v) is 12.4. The van der Waals surface area contributed by atoms with Crippen LogP contribution in [0.15, 0.2) is 30.5 Å². The summed E-state index contributed by atoms with van der Waals surface area (Å²) in [6, 6.07) is 6.18. The molecule has 10 heteroatoms. The number of ether oxygens (including phenoxy) is 1. The van der Waals surface area contributed by atoms with Crippen LogP contribution in [0, 0.1) is 29.5 Å². The zero-order valence-corrected chi connectivity index (χ0v) is 19.7. The molecule has 5 fully saturated rings. The van der Waals surface area contributed by atoms with E-state index < -0.39 is 29.6 Å². The van der Waals surface area contributed by atoms with Crippen molar-refractivity contribution in [3.63, 3.8) is 0 Å². The molecule has 5 aliphatic rings. The summed E-state index contributed by atoms with van der Waals surface area (Å²) >= 11 is 0. The van der Waals surface area contributed by atoms with Crippen LogP contribution in [-0.2, 0) is 9.59 Å². The molecule has 192 valence electrons. The van der Waals surface area contributed by atoms with Crippen LogP contribution in [0.2, 0.25) is 0 Å². The third kappa shape index (κ3) is 4.08. The van der Waals surface area contributed by atoms with Crippen molar-refractivity contribution >= 4 is 22.7 Å². The average molecular weight is 506 g/mol. The largest absolute Gasteiger partial charge is 0.490 e. The van der Waals surface area contributed by atoms with Crippen LogP contribution in [0.1, 0.15) is 45.4 Å². The van der Waals surface area contributed by atoms with E-state index in [0.717, 1.165) is 12.8 Å². The van der Waals surface area contributed by atoms with E-state index in [1.807, 2.05) is 6.92 Å². The summed E-state index contributed by atoms with van der Waals surface area (Å²) in [4.78, 5) is 28.8. The molecular weight excluding hydrogens is 478 g/mol. The third-order valence-corrected chi connectivity index (χ3v) is 8.60. The Morgan fingerprint density at radius 3 is 2.44 bits per heavy atom. The fourth-order valence-electron chi connectivity index (χ4n) is 7.18. The standard InChI is InChI=1S/C26H27F4N3O3/c1-13(23(35)33-25-10-24(11-25,12-25)32-21(34)9-26(28,29)30)22-16-7-15(8-17(16)22)36-20-4-5-31-19-3-2-14(27)6-18(19)20/h2-6,13,15-17,22H,7-12H2,1H3,(H,32,34)(H,33,35)/t13?,15-,16-,17+,22-,24?,25?. The van der Waals surface area contributed by atoms with E-state index in [9.17, 15) is 27.2 Å². The van der Waals surface area contributed by atoms with Gasteiger partial charge in [0.1, 0.15) is 18.0 Å². The predicted octanol–water partition coefficient (Wildman–Crippen LogP) is 4.27. The number of aromatic nitrogens is 1. The first kappa shape index (κ1) is 23.5. The monoisotopic (exact) mass is 505 g/mol. The van der Waals surface area contributed by atoms with Gasteiger partial charge in [-0.05, 0) is 74.1 Å². The first-order chi connectivity index (χ1) is 16.9. The maximum atomic E-state index is 13.7. The lowest BCUT2D eigenvalue weighted by Crippen LogP contribution is -2.84. The lowest BCUT2D eigenvalue weighted by atomic mass is 9.44. The Morgan fingerprint density at radius 2 is 1.78 bits per heavy atom. The van der Waals surface area contributed by atoms with Gasteiger partial charge in [-0.3, -0.25) is 14.6 Å². The molecule has 6 nitrogen and oxygen atoms in total. The Kier molecular flexibility index (Phi) is 5.08. The molecule has 7 rings (SSSR count). The summed E-state index contributed by atoms with van der Waals surface area (Å²) in [6.45, 7) is 1.93. The molecule has 2 bridgehead atoms. The van der Waals surface area contributed by atoms with E-state index in [1.165, 1.54) is 12.1 Å². The zero-order valence-electron chi connectivity index (χ0n) is 19.7. The lowest BCUT2D eigenvalue weighted by molar-refractivity contribution is -0.166. The number of amides is 2. The Labute approximate surface area is 205 Å². The molecule has 0 aliphatic heterocycles. The van der Waals surface area contributed by atoms with Crippen LogP contribution >= 0.6 is 0 Å². The van der Waals surface area contributed by atoms with Crippen molar-refractivity contribution in [2.45, 2.75) is 68.8 Å². The zero-order chi connectivity index (χ0) is 25.5. The highest BCUT2D eigenvalue weighted by Gasteiger charge is 2.70. The molecule has 1 heterocycles. The molecule has 1 aromatic heterocycles. The van der Waals surface area contributed by atoms with Crippen molar-refractivity contribution in [3.05, 3.63) is 36.3 Å². The fraction of sp³-hybridized carbons (Fsp3) is 0.577. The molecule has 2 aromatic rings. The minimum absolute atomic E-state index is 0.0122. The molecule has 5 saturated carbocycles. The van der Waals surface area contributed by atoms with Crippen LogP contribution in [-0.4, -0.2) is 40.2 Å². The van der Waals surface area contributed by atoms with Crippen LogP contribution in [0.5, 0.6) is 5.75 Å². The maximum Gasteiger partial charge on any atom is 0.397 e. The normalized spacial score (nSPS) is 34.7. The van der Waals surface area contributed by atoms with Crippen molar-refractivity contribution in [3.8, 4) is 5.75 Å². The van der Waals surface area contributed by atoms with Crippen LogP contribution in [0.4, 0.5) is 17.6 Å². The average Bonchev–Trinajstić information content (AvgIpc) is 3.24. The Hall–Kier alpha value is -2.91. The minimum atomic E-state index is -4.52. The van der Waals surface area contributed by atoms with E-state index in [1.54, 1.807) is 18.3 Å². The second kappa shape index (κ2) is 7.79. The van der Waals surface area contributed by atoms with E-state index >= 15 is 0 Å². The molecule has 0 spiro atoms. The molecule has 2 amide bonds. The van der Waals surface area contributed by atoms with Gasteiger partial charge < -0.3 is 15.4 Å². The molecule has 5 atom stereocenters. The van der Waals surface area contributed by atoms with Gasteiger partial charge in [0.2, 0.25) is 11.8 Å². The highest BCUT2D eigenvalue weighted by Crippen LogP contribution is 2.63. The number of alkyl halides is 3. The molecule has 1 unspecified atom stereocenters. The molecular formula is C26H27F4N3O3. The second-order valence-electron chi connectivity index (χ2n) is 11.3. The lowest BCUT2D eigenvalue weighted by Gasteiger charge is -2.70. The summed E-state index contributed by atoms with van der Waals surface area (Å²) in [5, 5.41) is 6.25. The van der Waals surface area contributed by atoms with E-state index in [4.69, 9.17) is 4.74 Å². The Morgan fingerprint density at radius 1 is 1.11 bits per heavy atom. The molecule has 1 aromatic carbocycles. The number of benzene rings is 1. The van der Waals surface area contributed by atoms with Gasteiger partial charge in [0.15, 0.2) is 0 Å². The van der Waals surface area contributed by atoms with Crippen molar-refractivity contribution < 1.29 is 31.9 Å². The van der Waals surface area contributed by atoms with Crippen LogP contribution < -0.4 is 15.4 Å². The summed E-state index contributed by atoms with van der Waals surface area (Å²) in [7, 11) is 0. The maximum absolute atomic E-state index is 13.7. The van der Waals surface area contributed by atoms with E-state index in [2.05, 4.69) is 15.6 Å². The van der Waals surface area contributed by atoms with E-state index in [0.29, 0.717) is 47.8 Å². The molecule has 0 radical (unpaired) electrons. The van der Waals surface area contributed by atoms with Gasteiger partial charge in [0, 0.05) is 28.6 Å². The number of carbonyl (C=O) groups excluding carboxylic acids is 2. The molecule has 36 heavy (non-hydrogen) atoms. The number of nitrogens with one attached hydrogen (secondary N) is 2. The molecule has 5 aliphatic carbocycles. The number of rotatable bonds is 7. The SMILES string of the molecule is CC(C(=O)NC12CC(NC(=O)CC(F)(F)F)(C1)C2)[C@@H]1[C@@H]2C[C@@H](Oc3ccnc4ccc(F)cc34)C[C@@H]21. The van der Waals surface area contributed by atoms with Crippen molar-refractivity contribution in [2.75, 3.05) is 0 Å². The third-order valence-electron chi connectivity index (χ3n) is 8.60. The first-order valence-electron chi connectivity index (χ1n) is 12.4. The van der Waals surface area contributed by atoms with Gasteiger partial charge in [0.05, 0.1) is 11.6 Å². The topological polar surface area (TPSA) is 80.3 Å². The predicted molar refractivity (Wildman–Crippen MR) is 121 cm³/mol. The van der Waals surface area contributed by atoms with Gasteiger partial charge in [-0.1, -0.05) is 6.92 Å². The number of hydrogen-bond donors (Lipinski definition) is 2. The fourth-order valence-corrected chi connectivity index (χ4v) is 7.18. The summed E-state index contributed by atoms with van der Waals surface area (Å²) in [5.74, 6) is 0.162. The molecule has 2 N–H and O–H groups in total. The van der Waals surface area contributed by atoms with E-state index in [-0.39, 0.29) is 29.7 Å². The summed E-state index contributed by atoms with van der Waals surface area (Å²) in [5.41, 5.74) is -0.320. The summed E-state index contributed by atoms with van der Waals surface area (Å²) in [6.07, 6.45) is -1.21. The van der Waals surface area contributed by atoms with Gasteiger partial charge in [-0.25, -0.2) is 4.39 Å². The highest BCUT2D eigenvalue weighted by atomic mass is 19.4. The number of fused-ring (bicyclic) bond motifs is 2. The minimum Gasteiger partial charge on any atom is -0.490 e. The van der Waals surface area contributed by atoms with Gasteiger partial charge >= 0.3 is 6.18 Å². The van der Waals surface area contributed by atoms with Gasteiger partial charge in [0.25, 0.3) is 0 Å². The summed E-state index contributed by atoms with van der Waals surface area (Å²) < 4.78 is 57.1. The number of hydrogen-bond acceptors (Lipinski definition) is 4. The van der Waals surface area contributed by atoms with Crippen LogP contribution in [0.25, 0.3) is 10.9 Å². The Balaban J connectivity index is 0.980. The number of halogens is 4. The van der Waals surface area contributed by atoms with Crippen LogP contribution in [0.3, 0.4) is 0 Å². The second-order valence-corrected chi connectivity index (χ2v) is 11.3. The number of nitrogens with zero attached hydrogens (tertiary/aromatic N) is 1. The number of carbonyl (C=O) groups is 2. The van der Waals surface area contributed by atoms with Crippen molar-refractivity contribution in [1.82, 2.24) is 15.6 Å².